The van der Waals surface area contributed by atoms with Crippen LogP contribution in [-0.4, -0.2) is 32.3 Å². The van der Waals surface area contributed by atoms with Crippen LogP contribution in [0, 0.1) is 0 Å². The Balaban J connectivity index is 1.76. The summed E-state index contributed by atoms with van der Waals surface area (Å²) in [4.78, 5) is 28.5. The summed E-state index contributed by atoms with van der Waals surface area (Å²) in [6.07, 6.45) is 6.76. The summed E-state index contributed by atoms with van der Waals surface area (Å²) in [5.41, 5.74) is 2.64. The van der Waals surface area contributed by atoms with E-state index in [9.17, 15) is 9.59 Å². The first-order valence-electron chi connectivity index (χ1n) is 7.94. The Kier molecular flexibility index (Phi) is 4.83. The average molecular weight is 353 g/mol. The normalized spacial score (nSPS) is 10.6. The van der Waals surface area contributed by atoms with Crippen molar-refractivity contribution in [2.45, 2.75) is 6.54 Å². The number of rotatable bonds is 5. The van der Waals surface area contributed by atoms with E-state index in [2.05, 4.69) is 15.4 Å². The van der Waals surface area contributed by atoms with Crippen molar-refractivity contribution < 1.29 is 9.53 Å². The van der Waals surface area contributed by atoms with Crippen molar-refractivity contribution >= 4 is 5.91 Å². The predicted octanol–water partition coefficient (Wildman–Crippen LogP) is 1.12. The number of aryl methyl sites for hydroxylation is 2. The van der Waals surface area contributed by atoms with E-state index >= 15 is 0 Å². The molecule has 0 aromatic carbocycles. The minimum atomic E-state index is -0.322. The van der Waals surface area contributed by atoms with Crippen LogP contribution in [-0.2, 0) is 20.6 Å². The minimum absolute atomic E-state index is 0.242. The SMILES string of the molecule is COc1cc(=O)n(C)cc1C(=O)NCc1ccnc(-c2cnn(C)c2)c1. The number of aromatic nitrogens is 4. The Labute approximate surface area is 150 Å². The molecule has 0 spiro atoms. The van der Waals surface area contributed by atoms with Crippen molar-refractivity contribution in [1.29, 1.82) is 0 Å². The van der Waals surface area contributed by atoms with Crippen molar-refractivity contribution in [1.82, 2.24) is 24.6 Å². The van der Waals surface area contributed by atoms with Crippen LogP contribution < -0.4 is 15.6 Å². The van der Waals surface area contributed by atoms with Gasteiger partial charge in [-0.05, 0) is 17.7 Å². The number of hydrogen-bond donors (Lipinski definition) is 1. The lowest BCUT2D eigenvalue weighted by atomic mass is 10.1. The van der Waals surface area contributed by atoms with Gasteiger partial charge in [-0.15, -0.1) is 0 Å². The van der Waals surface area contributed by atoms with Gasteiger partial charge in [0.2, 0.25) is 0 Å². The van der Waals surface area contributed by atoms with Gasteiger partial charge in [-0.1, -0.05) is 0 Å². The van der Waals surface area contributed by atoms with E-state index in [1.54, 1.807) is 24.1 Å². The summed E-state index contributed by atoms with van der Waals surface area (Å²) in [7, 11) is 4.85. The molecule has 1 N–H and O–H groups in total. The van der Waals surface area contributed by atoms with Crippen LogP contribution in [0.1, 0.15) is 15.9 Å². The number of ether oxygens (including phenoxy) is 1. The Hall–Kier alpha value is -3.42. The molecule has 0 aliphatic rings. The van der Waals surface area contributed by atoms with Crippen LogP contribution in [0.3, 0.4) is 0 Å². The number of hydrogen-bond acceptors (Lipinski definition) is 5. The van der Waals surface area contributed by atoms with Crippen LogP contribution in [0.15, 0.2) is 47.8 Å². The molecule has 134 valence electrons. The summed E-state index contributed by atoms with van der Waals surface area (Å²) in [5, 5.41) is 6.97. The number of carbonyl (C=O) groups is 1. The second-order valence-electron chi connectivity index (χ2n) is 5.84. The van der Waals surface area contributed by atoms with E-state index in [4.69, 9.17) is 4.74 Å². The molecular weight excluding hydrogens is 334 g/mol. The van der Waals surface area contributed by atoms with E-state index in [0.29, 0.717) is 12.1 Å². The van der Waals surface area contributed by atoms with Gasteiger partial charge in [0.15, 0.2) is 0 Å². The number of amides is 1. The van der Waals surface area contributed by atoms with Gasteiger partial charge in [-0.2, -0.15) is 5.10 Å². The third-order valence-corrected chi connectivity index (χ3v) is 3.93. The largest absolute Gasteiger partial charge is 0.496 e. The standard InChI is InChI=1S/C18H19N5O3/c1-22-11-14(16(26-3)7-17(22)24)18(25)20-8-12-4-5-19-15(6-12)13-9-21-23(2)10-13/h4-7,9-11H,8H2,1-3H3,(H,20,25). The molecule has 0 bridgehead atoms. The molecule has 26 heavy (non-hydrogen) atoms. The molecule has 3 aromatic heterocycles. The molecule has 1 amide bonds. The molecule has 8 nitrogen and oxygen atoms in total. The van der Waals surface area contributed by atoms with E-state index in [1.165, 1.54) is 23.9 Å². The Morgan fingerprint density at radius 1 is 1.27 bits per heavy atom. The zero-order chi connectivity index (χ0) is 18.7. The molecule has 3 aromatic rings. The highest BCUT2D eigenvalue weighted by Gasteiger charge is 2.14. The molecular formula is C18H19N5O3. The second kappa shape index (κ2) is 7.22. The van der Waals surface area contributed by atoms with Gasteiger partial charge in [0.05, 0.1) is 24.6 Å². The molecule has 0 aliphatic carbocycles. The highest BCUT2D eigenvalue weighted by atomic mass is 16.5. The van der Waals surface area contributed by atoms with Crippen molar-refractivity contribution in [2.75, 3.05) is 7.11 Å². The highest BCUT2D eigenvalue weighted by molar-refractivity contribution is 5.96. The second-order valence-corrected chi connectivity index (χ2v) is 5.84. The zero-order valence-corrected chi connectivity index (χ0v) is 14.8. The molecule has 0 radical (unpaired) electrons. The third kappa shape index (κ3) is 3.64. The van der Waals surface area contributed by atoms with E-state index in [0.717, 1.165) is 16.8 Å². The number of methoxy groups -OCH3 is 1. The summed E-state index contributed by atoms with van der Waals surface area (Å²) in [6, 6.07) is 5.02. The summed E-state index contributed by atoms with van der Waals surface area (Å²) in [6.45, 7) is 0.320. The molecule has 3 rings (SSSR count). The molecule has 0 unspecified atom stereocenters. The summed E-state index contributed by atoms with van der Waals surface area (Å²) < 4.78 is 8.18. The third-order valence-electron chi connectivity index (χ3n) is 3.93. The lowest BCUT2D eigenvalue weighted by Crippen LogP contribution is -2.26. The maximum atomic E-state index is 12.5. The number of carbonyl (C=O) groups excluding carboxylic acids is 1. The lowest BCUT2D eigenvalue weighted by molar-refractivity contribution is 0.0947. The first-order valence-corrected chi connectivity index (χ1v) is 7.94. The first-order chi connectivity index (χ1) is 12.5. The maximum absolute atomic E-state index is 12.5. The maximum Gasteiger partial charge on any atom is 0.256 e. The fourth-order valence-electron chi connectivity index (χ4n) is 2.53. The Bertz CT molecular complexity index is 1010. The van der Waals surface area contributed by atoms with E-state index < -0.39 is 0 Å². The van der Waals surface area contributed by atoms with E-state index in [-0.39, 0.29) is 17.2 Å². The molecule has 3 heterocycles. The van der Waals surface area contributed by atoms with Crippen molar-refractivity contribution in [3.05, 3.63) is 64.5 Å². The van der Waals surface area contributed by atoms with Crippen LogP contribution in [0.25, 0.3) is 11.3 Å². The van der Waals surface area contributed by atoms with Gasteiger partial charge < -0.3 is 14.6 Å². The highest BCUT2D eigenvalue weighted by Crippen LogP contribution is 2.17. The topological polar surface area (TPSA) is 91.0 Å². The fourth-order valence-corrected chi connectivity index (χ4v) is 2.53. The Morgan fingerprint density at radius 3 is 2.77 bits per heavy atom. The molecule has 0 aliphatic heterocycles. The van der Waals surface area contributed by atoms with Gasteiger partial charge in [0.25, 0.3) is 11.5 Å². The lowest BCUT2D eigenvalue weighted by Gasteiger charge is -2.11. The van der Waals surface area contributed by atoms with Gasteiger partial charge in [0, 0.05) is 50.9 Å². The van der Waals surface area contributed by atoms with Crippen LogP contribution >= 0.6 is 0 Å². The predicted molar refractivity (Wildman–Crippen MR) is 95.8 cm³/mol. The van der Waals surface area contributed by atoms with Crippen LogP contribution in [0.5, 0.6) is 5.75 Å². The van der Waals surface area contributed by atoms with Gasteiger partial charge in [-0.25, -0.2) is 0 Å². The smallest absolute Gasteiger partial charge is 0.256 e. The molecule has 8 heteroatoms. The molecule has 0 saturated heterocycles. The van der Waals surface area contributed by atoms with Crippen LogP contribution in [0.4, 0.5) is 0 Å². The van der Waals surface area contributed by atoms with Crippen molar-refractivity contribution in [2.24, 2.45) is 14.1 Å². The summed E-state index contributed by atoms with van der Waals surface area (Å²) >= 11 is 0. The molecule has 0 saturated carbocycles. The quantitative estimate of drug-likeness (QED) is 0.742. The van der Waals surface area contributed by atoms with Gasteiger partial charge in [0.1, 0.15) is 5.75 Å². The van der Waals surface area contributed by atoms with E-state index in [1.807, 2.05) is 25.4 Å². The monoisotopic (exact) mass is 353 g/mol. The number of nitrogens with zero attached hydrogens (tertiary/aromatic N) is 4. The molecule has 0 atom stereocenters. The zero-order valence-electron chi connectivity index (χ0n) is 14.8. The minimum Gasteiger partial charge on any atom is -0.496 e. The van der Waals surface area contributed by atoms with Gasteiger partial charge >= 0.3 is 0 Å². The number of nitrogens with one attached hydrogen (secondary N) is 1. The van der Waals surface area contributed by atoms with Gasteiger partial charge in [-0.3, -0.25) is 19.3 Å². The first kappa shape index (κ1) is 17.4. The number of pyridine rings is 2. The van der Waals surface area contributed by atoms with Crippen molar-refractivity contribution in [3.63, 3.8) is 0 Å². The van der Waals surface area contributed by atoms with Crippen molar-refractivity contribution in [3.8, 4) is 17.0 Å². The fraction of sp³-hybridized carbons (Fsp3) is 0.222. The summed E-state index contributed by atoms with van der Waals surface area (Å²) in [5.74, 6) is -0.0754. The van der Waals surface area contributed by atoms with Crippen LogP contribution in [0.2, 0.25) is 0 Å². The average Bonchev–Trinajstić information content (AvgIpc) is 3.08. The Morgan fingerprint density at radius 2 is 2.08 bits per heavy atom. The molecule has 0 fully saturated rings.